The van der Waals surface area contributed by atoms with Crippen LogP contribution in [-0.4, -0.2) is 36.7 Å². The van der Waals surface area contributed by atoms with Crippen molar-refractivity contribution in [2.24, 2.45) is 0 Å². The third-order valence-electron chi connectivity index (χ3n) is 2.41. The van der Waals surface area contributed by atoms with Crippen LogP contribution < -0.4 is 10.2 Å². The fourth-order valence-electron chi connectivity index (χ4n) is 1.39. The highest BCUT2D eigenvalue weighted by molar-refractivity contribution is 5.76. The molecular formula is C12H19N3O2. The minimum atomic E-state index is -0.442. The number of hydrogen-bond acceptors (Lipinski definition) is 4. The van der Waals surface area contributed by atoms with Crippen LogP contribution in [0.4, 0.5) is 5.82 Å². The average Bonchev–Trinajstić information content (AvgIpc) is 2.35. The molecule has 2 N–H and O–H groups in total. The maximum Gasteiger partial charge on any atom is 0.220 e. The van der Waals surface area contributed by atoms with E-state index in [0.717, 1.165) is 5.82 Å². The molecule has 0 saturated heterocycles. The van der Waals surface area contributed by atoms with E-state index in [4.69, 9.17) is 0 Å². The molecule has 17 heavy (non-hydrogen) atoms. The van der Waals surface area contributed by atoms with Gasteiger partial charge in [0.15, 0.2) is 0 Å². The van der Waals surface area contributed by atoms with Crippen molar-refractivity contribution in [2.75, 3.05) is 25.6 Å². The summed E-state index contributed by atoms with van der Waals surface area (Å²) < 4.78 is 0. The van der Waals surface area contributed by atoms with Crippen LogP contribution in [-0.2, 0) is 4.79 Å². The van der Waals surface area contributed by atoms with Gasteiger partial charge in [0.2, 0.25) is 5.91 Å². The zero-order chi connectivity index (χ0) is 12.8. The zero-order valence-corrected chi connectivity index (χ0v) is 10.5. The number of anilines is 1. The SMILES string of the molecule is CCC(=O)N[C@H](CO)c1cccc(N(C)C)n1. The first-order valence-electron chi connectivity index (χ1n) is 5.63. The summed E-state index contributed by atoms with van der Waals surface area (Å²) in [5.41, 5.74) is 0.667. The van der Waals surface area contributed by atoms with Gasteiger partial charge in [-0.2, -0.15) is 0 Å². The first-order chi connectivity index (χ1) is 8.08. The molecule has 0 fully saturated rings. The Morgan fingerprint density at radius 3 is 2.76 bits per heavy atom. The molecule has 0 unspecified atom stereocenters. The number of aromatic nitrogens is 1. The Morgan fingerprint density at radius 2 is 2.24 bits per heavy atom. The van der Waals surface area contributed by atoms with E-state index < -0.39 is 6.04 Å². The second kappa shape index (κ2) is 6.20. The predicted molar refractivity (Wildman–Crippen MR) is 66.8 cm³/mol. The monoisotopic (exact) mass is 237 g/mol. The summed E-state index contributed by atoms with van der Waals surface area (Å²) in [5.74, 6) is 0.702. The van der Waals surface area contributed by atoms with Gasteiger partial charge in [0.25, 0.3) is 0 Å². The molecule has 1 amide bonds. The fourth-order valence-corrected chi connectivity index (χ4v) is 1.39. The molecule has 0 radical (unpaired) electrons. The number of aliphatic hydroxyl groups is 1. The smallest absolute Gasteiger partial charge is 0.220 e. The molecule has 0 aliphatic rings. The van der Waals surface area contributed by atoms with Gasteiger partial charge in [0.1, 0.15) is 5.82 Å². The van der Waals surface area contributed by atoms with Crippen LogP contribution in [0, 0.1) is 0 Å². The van der Waals surface area contributed by atoms with E-state index in [9.17, 15) is 9.90 Å². The van der Waals surface area contributed by atoms with Crippen LogP contribution in [0.5, 0.6) is 0 Å². The summed E-state index contributed by atoms with van der Waals surface area (Å²) >= 11 is 0. The molecule has 0 saturated carbocycles. The number of nitrogens with one attached hydrogen (secondary N) is 1. The third kappa shape index (κ3) is 3.71. The molecule has 1 heterocycles. The number of carbonyl (C=O) groups excluding carboxylic acids is 1. The second-order valence-electron chi connectivity index (χ2n) is 3.97. The Kier molecular flexibility index (Phi) is 4.90. The molecule has 1 aromatic rings. The molecule has 94 valence electrons. The topological polar surface area (TPSA) is 65.5 Å². The maximum atomic E-state index is 11.3. The lowest BCUT2D eigenvalue weighted by Crippen LogP contribution is -2.31. The lowest BCUT2D eigenvalue weighted by Gasteiger charge is -2.18. The number of hydrogen-bond donors (Lipinski definition) is 2. The van der Waals surface area contributed by atoms with E-state index in [0.29, 0.717) is 12.1 Å². The Hall–Kier alpha value is -1.62. The molecule has 1 aromatic heterocycles. The van der Waals surface area contributed by atoms with E-state index in [1.165, 1.54) is 0 Å². The van der Waals surface area contributed by atoms with Crippen molar-refractivity contribution in [3.8, 4) is 0 Å². The van der Waals surface area contributed by atoms with Crippen molar-refractivity contribution in [2.45, 2.75) is 19.4 Å². The van der Waals surface area contributed by atoms with E-state index >= 15 is 0 Å². The van der Waals surface area contributed by atoms with Gasteiger partial charge in [-0.25, -0.2) is 4.98 Å². The van der Waals surface area contributed by atoms with E-state index in [1.54, 1.807) is 13.0 Å². The summed E-state index contributed by atoms with van der Waals surface area (Å²) in [4.78, 5) is 17.6. The summed E-state index contributed by atoms with van der Waals surface area (Å²) in [6, 6.07) is 5.09. The van der Waals surface area contributed by atoms with E-state index in [-0.39, 0.29) is 12.5 Å². The number of nitrogens with zero attached hydrogens (tertiary/aromatic N) is 2. The number of aliphatic hydroxyl groups excluding tert-OH is 1. The molecule has 0 aliphatic carbocycles. The summed E-state index contributed by atoms with van der Waals surface area (Å²) in [6.45, 7) is 1.61. The molecule has 5 heteroatoms. The quantitative estimate of drug-likeness (QED) is 0.791. The highest BCUT2D eigenvalue weighted by atomic mass is 16.3. The lowest BCUT2D eigenvalue weighted by molar-refractivity contribution is -0.121. The Morgan fingerprint density at radius 1 is 1.53 bits per heavy atom. The Balaban J connectivity index is 2.88. The van der Waals surface area contributed by atoms with Crippen LogP contribution in [0.15, 0.2) is 18.2 Å². The van der Waals surface area contributed by atoms with Crippen molar-refractivity contribution in [3.05, 3.63) is 23.9 Å². The molecule has 1 rings (SSSR count). The molecule has 1 atom stereocenters. The van der Waals surface area contributed by atoms with Gasteiger partial charge in [-0.15, -0.1) is 0 Å². The highest BCUT2D eigenvalue weighted by Crippen LogP contribution is 2.14. The minimum absolute atomic E-state index is 0.0962. The number of amides is 1. The number of rotatable bonds is 5. The summed E-state index contributed by atoms with van der Waals surface area (Å²) in [7, 11) is 3.79. The van der Waals surface area contributed by atoms with Crippen molar-refractivity contribution in [1.82, 2.24) is 10.3 Å². The molecule has 0 aliphatic heterocycles. The van der Waals surface area contributed by atoms with Crippen LogP contribution in [0.1, 0.15) is 25.1 Å². The van der Waals surface area contributed by atoms with Gasteiger partial charge in [0.05, 0.1) is 18.3 Å². The highest BCUT2D eigenvalue weighted by Gasteiger charge is 2.14. The second-order valence-corrected chi connectivity index (χ2v) is 3.97. The van der Waals surface area contributed by atoms with E-state index in [1.807, 2.05) is 31.1 Å². The minimum Gasteiger partial charge on any atom is -0.394 e. The van der Waals surface area contributed by atoms with Gasteiger partial charge < -0.3 is 15.3 Å². The molecule has 5 nitrogen and oxygen atoms in total. The summed E-state index contributed by atoms with van der Waals surface area (Å²) in [5, 5.41) is 12.0. The largest absolute Gasteiger partial charge is 0.394 e. The van der Waals surface area contributed by atoms with Gasteiger partial charge in [-0.1, -0.05) is 13.0 Å². The third-order valence-corrected chi connectivity index (χ3v) is 2.41. The number of pyridine rings is 1. The van der Waals surface area contributed by atoms with Gasteiger partial charge >= 0.3 is 0 Å². The van der Waals surface area contributed by atoms with E-state index in [2.05, 4.69) is 10.3 Å². The molecule has 0 aromatic carbocycles. The van der Waals surface area contributed by atoms with Crippen LogP contribution in [0.2, 0.25) is 0 Å². The van der Waals surface area contributed by atoms with Gasteiger partial charge in [0, 0.05) is 20.5 Å². The first kappa shape index (κ1) is 13.4. The molecule has 0 spiro atoms. The average molecular weight is 237 g/mol. The Labute approximate surface area is 101 Å². The van der Waals surface area contributed by atoms with Crippen molar-refractivity contribution < 1.29 is 9.90 Å². The molecule has 0 bridgehead atoms. The molecular weight excluding hydrogens is 218 g/mol. The van der Waals surface area contributed by atoms with Crippen LogP contribution in [0.3, 0.4) is 0 Å². The van der Waals surface area contributed by atoms with Gasteiger partial charge in [-0.05, 0) is 12.1 Å². The van der Waals surface area contributed by atoms with Gasteiger partial charge in [-0.3, -0.25) is 4.79 Å². The van der Waals surface area contributed by atoms with Crippen molar-refractivity contribution in [1.29, 1.82) is 0 Å². The lowest BCUT2D eigenvalue weighted by atomic mass is 10.2. The van der Waals surface area contributed by atoms with Crippen molar-refractivity contribution in [3.63, 3.8) is 0 Å². The standard InChI is InChI=1S/C12H19N3O2/c1-4-12(17)14-10(8-16)9-6-5-7-11(13-9)15(2)3/h5-7,10,16H,4,8H2,1-3H3,(H,14,17)/t10-/m1/s1. The van der Waals surface area contributed by atoms with Crippen LogP contribution in [0.25, 0.3) is 0 Å². The summed E-state index contributed by atoms with van der Waals surface area (Å²) in [6.07, 6.45) is 0.393. The normalized spacial score (nSPS) is 12.0. The number of carbonyl (C=O) groups is 1. The Bertz CT molecular complexity index is 380. The van der Waals surface area contributed by atoms with Crippen LogP contribution >= 0.6 is 0 Å². The first-order valence-corrected chi connectivity index (χ1v) is 5.63. The predicted octanol–water partition coefficient (Wildman–Crippen LogP) is 0.707. The maximum absolute atomic E-state index is 11.3. The zero-order valence-electron chi connectivity index (χ0n) is 10.5. The fraction of sp³-hybridized carbons (Fsp3) is 0.500. The van der Waals surface area contributed by atoms with Crippen molar-refractivity contribution >= 4 is 11.7 Å².